The van der Waals surface area contributed by atoms with Crippen LogP contribution in [0.5, 0.6) is 0 Å². The largest absolute Gasteiger partial charge is 0.462 e. The molecule has 0 radical (unpaired) electrons. The number of nitrogens with one attached hydrogen (secondary N) is 1. The molecule has 0 unspecified atom stereocenters. The van der Waals surface area contributed by atoms with Crippen molar-refractivity contribution in [2.75, 3.05) is 11.9 Å². The molecule has 1 saturated carbocycles. The monoisotopic (exact) mass is 475 g/mol. The van der Waals surface area contributed by atoms with E-state index in [4.69, 9.17) is 9.72 Å². The van der Waals surface area contributed by atoms with Crippen LogP contribution in [-0.4, -0.2) is 28.0 Å². The Hall–Kier alpha value is -1.86. The van der Waals surface area contributed by atoms with E-state index >= 15 is 0 Å². The second kappa shape index (κ2) is 8.88. The number of aromatic nitrogens is 2. The van der Waals surface area contributed by atoms with Gasteiger partial charge in [-0.1, -0.05) is 65.1 Å². The highest BCUT2D eigenvalue weighted by atomic mass is 79.9. The maximum atomic E-state index is 12.4. The SMILES string of the molecule is CCOC(=O)c1sc2nc(-c3cccc(Br)c3)c(NC3CCCCCC3)n2c1C. The molecule has 2 aromatic heterocycles. The van der Waals surface area contributed by atoms with E-state index in [2.05, 4.69) is 37.8 Å². The third-order valence-electron chi connectivity index (χ3n) is 5.46. The topological polar surface area (TPSA) is 55.6 Å². The lowest BCUT2D eigenvalue weighted by atomic mass is 10.1. The molecule has 0 aliphatic heterocycles. The fraction of sp³-hybridized carbons (Fsp3) is 0.455. The van der Waals surface area contributed by atoms with Crippen molar-refractivity contribution in [1.29, 1.82) is 0 Å². The van der Waals surface area contributed by atoms with Gasteiger partial charge in [0.25, 0.3) is 0 Å². The van der Waals surface area contributed by atoms with E-state index in [9.17, 15) is 4.79 Å². The Morgan fingerprint density at radius 1 is 1.31 bits per heavy atom. The van der Waals surface area contributed by atoms with Gasteiger partial charge >= 0.3 is 5.97 Å². The van der Waals surface area contributed by atoms with Crippen molar-refractivity contribution in [3.8, 4) is 11.3 Å². The number of esters is 1. The zero-order chi connectivity index (χ0) is 20.4. The third kappa shape index (κ3) is 4.21. The molecule has 1 aliphatic carbocycles. The van der Waals surface area contributed by atoms with E-state index in [1.54, 1.807) is 0 Å². The minimum absolute atomic E-state index is 0.273. The summed E-state index contributed by atoms with van der Waals surface area (Å²) in [6.07, 6.45) is 7.45. The first-order valence-corrected chi connectivity index (χ1v) is 11.9. The Bertz CT molecular complexity index is 1020. The summed E-state index contributed by atoms with van der Waals surface area (Å²) in [4.78, 5) is 18.8. The number of fused-ring (bicyclic) bond motifs is 1. The zero-order valence-corrected chi connectivity index (χ0v) is 19.2. The van der Waals surface area contributed by atoms with Crippen molar-refractivity contribution in [3.63, 3.8) is 0 Å². The number of rotatable bonds is 5. The number of thiazole rings is 1. The number of carbonyl (C=O) groups excluding carboxylic acids is 1. The van der Waals surface area contributed by atoms with E-state index < -0.39 is 0 Å². The molecule has 0 atom stereocenters. The number of anilines is 1. The predicted octanol–water partition coefficient (Wildman–Crippen LogP) is 6.45. The van der Waals surface area contributed by atoms with Gasteiger partial charge in [0.2, 0.25) is 0 Å². The van der Waals surface area contributed by atoms with E-state index in [-0.39, 0.29) is 5.97 Å². The smallest absolute Gasteiger partial charge is 0.350 e. The molecule has 2 heterocycles. The summed E-state index contributed by atoms with van der Waals surface area (Å²) in [7, 11) is 0. The number of hydrogen-bond donors (Lipinski definition) is 1. The van der Waals surface area contributed by atoms with Crippen molar-refractivity contribution < 1.29 is 9.53 Å². The van der Waals surface area contributed by atoms with Crippen LogP contribution in [0.3, 0.4) is 0 Å². The summed E-state index contributed by atoms with van der Waals surface area (Å²) in [5, 5.41) is 3.80. The molecule has 0 bridgehead atoms. The summed E-state index contributed by atoms with van der Waals surface area (Å²) in [5.74, 6) is 0.708. The second-order valence-electron chi connectivity index (χ2n) is 7.51. The molecule has 5 nitrogen and oxygen atoms in total. The maximum absolute atomic E-state index is 12.4. The highest BCUT2D eigenvalue weighted by Gasteiger charge is 2.25. The zero-order valence-electron chi connectivity index (χ0n) is 16.8. The number of imidazole rings is 1. The number of hydrogen-bond acceptors (Lipinski definition) is 5. The van der Waals surface area contributed by atoms with Crippen LogP contribution >= 0.6 is 27.3 Å². The van der Waals surface area contributed by atoms with Gasteiger partial charge in [0.05, 0.1) is 6.61 Å². The van der Waals surface area contributed by atoms with Gasteiger partial charge in [-0.15, -0.1) is 0 Å². The second-order valence-corrected chi connectivity index (χ2v) is 9.40. The number of nitrogens with zero attached hydrogens (tertiary/aromatic N) is 2. The van der Waals surface area contributed by atoms with Crippen LogP contribution in [0, 0.1) is 6.92 Å². The van der Waals surface area contributed by atoms with E-state index in [1.807, 2.05) is 26.0 Å². The Morgan fingerprint density at radius 3 is 2.76 bits per heavy atom. The third-order valence-corrected chi connectivity index (χ3v) is 7.07. The minimum atomic E-state index is -0.273. The van der Waals surface area contributed by atoms with Gasteiger partial charge in [-0.3, -0.25) is 4.40 Å². The molecule has 4 rings (SSSR count). The van der Waals surface area contributed by atoms with Crippen molar-refractivity contribution in [2.45, 2.75) is 58.4 Å². The molecule has 1 N–H and O–H groups in total. The number of benzene rings is 1. The normalized spacial score (nSPS) is 15.4. The van der Waals surface area contributed by atoms with Crippen LogP contribution in [0.15, 0.2) is 28.7 Å². The van der Waals surface area contributed by atoms with Crippen molar-refractivity contribution in [3.05, 3.63) is 39.3 Å². The first-order valence-electron chi connectivity index (χ1n) is 10.3. The molecular weight excluding hydrogens is 450 g/mol. The lowest BCUT2D eigenvalue weighted by Gasteiger charge is -2.18. The minimum Gasteiger partial charge on any atom is -0.462 e. The summed E-state index contributed by atoms with van der Waals surface area (Å²) in [6, 6.07) is 8.64. The fourth-order valence-electron chi connectivity index (χ4n) is 4.02. The molecule has 1 aliphatic rings. The first-order chi connectivity index (χ1) is 14.1. The van der Waals surface area contributed by atoms with Crippen LogP contribution in [0.1, 0.15) is 60.8 Å². The summed E-state index contributed by atoms with van der Waals surface area (Å²) >= 11 is 4.97. The number of halogens is 1. The van der Waals surface area contributed by atoms with Crippen LogP contribution in [0.4, 0.5) is 5.82 Å². The summed E-state index contributed by atoms with van der Waals surface area (Å²) in [6.45, 7) is 4.17. The van der Waals surface area contributed by atoms with E-state index in [0.29, 0.717) is 17.5 Å². The summed E-state index contributed by atoms with van der Waals surface area (Å²) in [5.41, 5.74) is 2.87. The molecule has 0 saturated heterocycles. The Balaban J connectivity index is 1.82. The predicted molar refractivity (Wildman–Crippen MR) is 122 cm³/mol. The molecule has 0 amide bonds. The van der Waals surface area contributed by atoms with Crippen molar-refractivity contribution in [2.24, 2.45) is 0 Å². The van der Waals surface area contributed by atoms with E-state index in [0.717, 1.165) is 32.2 Å². The van der Waals surface area contributed by atoms with Gasteiger partial charge in [-0.25, -0.2) is 9.78 Å². The highest BCUT2D eigenvalue weighted by Crippen LogP contribution is 2.37. The molecule has 29 heavy (non-hydrogen) atoms. The Labute approximate surface area is 183 Å². The van der Waals surface area contributed by atoms with Gasteiger partial charge in [0.1, 0.15) is 16.4 Å². The quantitative estimate of drug-likeness (QED) is 0.340. The van der Waals surface area contributed by atoms with Gasteiger partial charge in [-0.05, 0) is 38.8 Å². The molecule has 7 heteroatoms. The van der Waals surface area contributed by atoms with Crippen LogP contribution in [0.2, 0.25) is 0 Å². The molecule has 154 valence electrons. The van der Waals surface area contributed by atoms with Gasteiger partial charge in [0, 0.05) is 21.8 Å². The maximum Gasteiger partial charge on any atom is 0.350 e. The van der Waals surface area contributed by atoms with Gasteiger partial charge in [0.15, 0.2) is 4.96 Å². The molecular formula is C22H26BrN3O2S. The Morgan fingerprint density at radius 2 is 2.07 bits per heavy atom. The van der Waals surface area contributed by atoms with Crippen LogP contribution in [0.25, 0.3) is 16.2 Å². The average molecular weight is 476 g/mol. The lowest BCUT2D eigenvalue weighted by Crippen LogP contribution is -2.20. The molecule has 3 aromatic rings. The van der Waals surface area contributed by atoms with Crippen molar-refractivity contribution in [1.82, 2.24) is 9.38 Å². The number of aryl methyl sites for hydroxylation is 1. The molecule has 1 aromatic carbocycles. The molecule has 0 spiro atoms. The first kappa shape index (κ1) is 20.4. The molecule has 1 fully saturated rings. The summed E-state index contributed by atoms with van der Waals surface area (Å²) < 4.78 is 8.37. The highest BCUT2D eigenvalue weighted by molar-refractivity contribution is 9.10. The number of carbonyl (C=O) groups is 1. The van der Waals surface area contributed by atoms with Crippen molar-refractivity contribution >= 4 is 44.0 Å². The number of ether oxygens (including phenoxy) is 1. The average Bonchev–Trinajstić information content (AvgIpc) is 3.08. The standard InChI is InChI=1S/C22H26BrN3O2S/c1-3-28-21(27)19-14(2)26-20(24-17-11-6-4-5-7-12-17)18(25-22(26)29-19)15-9-8-10-16(23)13-15/h8-10,13,17,24H,3-7,11-12H2,1-2H3. The Kier molecular flexibility index (Phi) is 6.25. The van der Waals surface area contributed by atoms with Crippen LogP contribution in [-0.2, 0) is 4.74 Å². The lowest BCUT2D eigenvalue weighted by molar-refractivity contribution is 0.0531. The fourth-order valence-corrected chi connectivity index (χ4v) is 5.44. The van der Waals surface area contributed by atoms with Crippen LogP contribution < -0.4 is 5.32 Å². The van der Waals surface area contributed by atoms with Gasteiger partial charge < -0.3 is 10.1 Å². The van der Waals surface area contributed by atoms with Gasteiger partial charge in [-0.2, -0.15) is 0 Å². The van der Waals surface area contributed by atoms with E-state index in [1.165, 1.54) is 49.9 Å².